The first-order valence-electron chi connectivity index (χ1n) is 5.81. The lowest BCUT2D eigenvalue weighted by atomic mass is 9.87. The van der Waals surface area contributed by atoms with E-state index >= 15 is 0 Å². The summed E-state index contributed by atoms with van der Waals surface area (Å²) in [7, 11) is 0. The van der Waals surface area contributed by atoms with E-state index in [-0.39, 0.29) is 18.4 Å². The van der Waals surface area contributed by atoms with Gasteiger partial charge >= 0.3 is 0 Å². The van der Waals surface area contributed by atoms with Crippen molar-refractivity contribution in [1.29, 1.82) is 0 Å². The van der Waals surface area contributed by atoms with Gasteiger partial charge in [-0.2, -0.15) is 0 Å². The van der Waals surface area contributed by atoms with Crippen LogP contribution in [0.1, 0.15) is 30.0 Å². The van der Waals surface area contributed by atoms with Crippen molar-refractivity contribution in [3.05, 3.63) is 29.3 Å². The van der Waals surface area contributed by atoms with Crippen molar-refractivity contribution in [1.82, 2.24) is 0 Å². The zero-order valence-electron chi connectivity index (χ0n) is 10.1. The molecule has 1 aromatic rings. The van der Waals surface area contributed by atoms with Crippen LogP contribution in [0.15, 0.2) is 18.2 Å². The van der Waals surface area contributed by atoms with Crippen LogP contribution in [0.2, 0.25) is 0 Å². The van der Waals surface area contributed by atoms with E-state index in [0.29, 0.717) is 11.7 Å². The third-order valence-corrected chi connectivity index (χ3v) is 3.32. The van der Waals surface area contributed by atoms with Gasteiger partial charge in [0.1, 0.15) is 5.75 Å². The molecule has 2 rings (SSSR count). The molecule has 1 heterocycles. The van der Waals surface area contributed by atoms with Crippen molar-refractivity contribution in [2.24, 2.45) is 11.7 Å². The summed E-state index contributed by atoms with van der Waals surface area (Å²) < 4.78 is 5.32. The number of phenolic OH excluding ortho intramolecular Hbond substituents is 1. The molecule has 3 nitrogen and oxygen atoms in total. The summed E-state index contributed by atoms with van der Waals surface area (Å²) >= 11 is 0. The lowest BCUT2D eigenvalue weighted by Crippen LogP contribution is -2.27. The third kappa shape index (κ3) is 3.35. The second-order valence-electron chi connectivity index (χ2n) is 4.54. The summed E-state index contributed by atoms with van der Waals surface area (Å²) in [4.78, 5) is 0. The number of aryl methyl sites for hydroxylation is 1. The Morgan fingerprint density at radius 2 is 2.00 bits per heavy atom. The van der Waals surface area contributed by atoms with Crippen LogP contribution >= 0.6 is 12.4 Å². The lowest BCUT2D eigenvalue weighted by molar-refractivity contribution is 0.0581. The molecule has 1 aliphatic heterocycles. The molecule has 1 aliphatic rings. The maximum atomic E-state index is 9.88. The van der Waals surface area contributed by atoms with E-state index < -0.39 is 0 Å². The Balaban J connectivity index is 0.00000144. The molecule has 96 valence electrons. The number of ether oxygens (including phenoxy) is 1. The normalized spacial score (nSPS) is 18.5. The SMILES string of the molecule is Cc1ccc([C@@H](N)C2CCOCC2)c(O)c1.Cl. The van der Waals surface area contributed by atoms with Gasteiger partial charge in [-0.1, -0.05) is 12.1 Å². The number of halogens is 1. The molecule has 1 saturated heterocycles. The molecule has 0 aliphatic carbocycles. The van der Waals surface area contributed by atoms with Crippen LogP contribution in [-0.4, -0.2) is 18.3 Å². The fourth-order valence-electron chi connectivity index (χ4n) is 2.26. The van der Waals surface area contributed by atoms with Crippen molar-refractivity contribution in [3.8, 4) is 5.75 Å². The summed E-state index contributed by atoms with van der Waals surface area (Å²) in [6, 6.07) is 5.62. The Kier molecular flexibility index (Phi) is 5.25. The van der Waals surface area contributed by atoms with Gasteiger partial charge in [-0.3, -0.25) is 0 Å². The summed E-state index contributed by atoms with van der Waals surface area (Å²) in [6.07, 6.45) is 1.96. The summed E-state index contributed by atoms with van der Waals surface area (Å²) in [6.45, 7) is 3.53. The second-order valence-corrected chi connectivity index (χ2v) is 4.54. The Morgan fingerprint density at radius 1 is 1.35 bits per heavy atom. The Hall–Kier alpha value is -0.770. The van der Waals surface area contributed by atoms with Crippen LogP contribution in [0.5, 0.6) is 5.75 Å². The van der Waals surface area contributed by atoms with Crippen molar-refractivity contribution in [2.45, 2.75) is 25.8 Å². The average molecular weight is 258 g/mol. The van der Waals surface area contributed by atoms with E-state index in [1.165, 1.54) is 0 Å². The van der Waals surface area contributed by atoms with Crippen molar-refractivity contribution < 1.29 is 9.84 Å². The van der Waals surface area contributed by atoms with Gasteiger partial charge in [0.05, 0.1) is 0 Å². The molecule has 3 N–H and O–H groups in total. The number of aromatic hydroxyl groups is 1. The highest BCUT2D eigenvalue weighted by Crippen LogP contribution is 2.33. The van der Waals surface area contributed by atoms with Gasteiger partial charge in [-0.25, -0.2) is 0 Å². The molecular weight excluding hydrogens is 238 g/mol. The second kappa shape index (κ2) is 6.24. The first-order chi connectivity index (χ1) is 7.68. The number of rotatable bonds is 2. The molecule has 1 aromatic carbocycles. The quantitative estimate of drug-likeness (QED) is 0.856. The molecule has 0 saturated carbocycles. The monoisotopic (exact) mass is 257 g/mol. The molecule has 0 spiro atoms. The minimum Gasteiger partial charge on any atom is -0.508 e. The predicted octanol–water partition coefficient (Wildman–Crippen LogP) is 2.55. The molecule has 0 aromatic heterocycles. The smallest absolute Gasteiger partial charge is 0.120 e. The highest BCUT2D eigenvalue weighted by atomic mass is 35.5. The van der Waals surface area contributed by atoms with E-state index in [1.807, 2.05) is 19.1 Å². The topological polar surface area (TPSA) is 55.5 Å². The minimum absolute atomic E-state index is 0. The van der Waals surface area contributed by atoms with Gasteiger partial charge in [0.2, 0.25) is 0 Å². The summed E-state index contributed by atoms with van der Waals surface area (Å²) in [5, 5.41) is 9.88. The van der Waals surface area contributed by atoms with Crippen LogP contribution in [0.4, 0.5) is 0 Å². The molecule has 0 bridgehead atoms. The maximum absolute atomic E-state index is 9.88. The Bertz CT molecular complexity index is 364. The van der Waals surface area contributed by atoms with Crippen LogP contribution < -0.4 is 5.73 Å². The van der Waals surface area contributed by atoms with Gasteiger partial charge in [-0.05, 0) is 37.3 Å². The van der Waals surface area contributed by atoms with Gasteiger partial charge in [0.15, 0.2) is 0 Å². The van der Waals surface area contributed by atoms with E-state index in [4.69, 9.17) is 10.5 Å². The lowest BCUT2D eigenvalue weighted by Gasteiger charge is -2.28. The van der Waals surface area contributed by atoms with Crippen LogP contribution in [0.3, 0.4) is 0 Å². The number of phenols is 1. The fourth-order valence-corrected chi connectivity index (χ4v) is 2.26. The van der Waals surface area contributed by atoms with Gasteiger partial charge in [-0.15, -0.1) is 12.4 Å². The zero-order valence-corrected chi connectivity index (χ0v) is 10.9. The van der Waals surface area contributed by atoms with E-state index in [9.17, 15) is 5.11 Å². The van der Waals surface area contributed by atoms with Gasteiger partial charge in [0, 0.05) is 24.8 Å². The fraction of sp³-hybridized carbons (Fsp3) is 0.538. The average Bonchev–Trinajstić information content (AvgIpc) is 2.29. The van der Waals surface area contributed by atoms with E-state index in [1.54, 1.807) is 6.07 Å². The number of nitrogens with two attached hydrogens (primary N) is 1. The number of benzene rings is 1. The molecule has 1 fully saturated rings. The standard InChI is InChI=1S/C13H19NO2.ClH/c1-9-2-3-11(12(15)8-9)13(14)10-4-6-16-7-5-10;/h2-3,8,10,13,15H,4-7,14H2,1H3;1H/t13-;/m0./s1. The van der Waals surface area contributed by atoms with Gasteiger partial charge < -0.3 is 15.6 Å². The summed E-state index contributed by atoms with van der Waals surface area (Å²) in [5.41, 5.74) is 8.12. The first kappa shape index (κ1) is 14.3. The maximum Gasteiger partial charge on any atom is 0.120 e. The Labute approximate surface area is 108 Å². The molecule has 1 atom stereocenters. The van der Waals surface area contributed by atoms with Crippen LogP contribution in [0.25, 0.3) is 0 Å². The van der Waals surface area contributed by atoms with E-state index in [0.717, 1.165) is 37.2 Å². The summed E-state index contributed by atoms with van der Waals surface area (Å²) in [5.74, 6) is 0.737. The largest absolute Gasteiger partial charge is 0.508 e. The third-order valence-electron chi connectivity index (χ3n) is 3.32. The molecule has 0 unspecified atom stereocenters. The van der Waals surface area contributed by atoms with Crippen LogP contribution in [-0.2, 0) is 4.74 Å². The van der Waals surface area contributed by atoms with Crippen molar-refractivity contribution >= 4 is 12.4 Å². The predicted molar refractivity (Wildman–Crippen MR) is 70.6 cm³/mol. The van der Waals surface area contributed by atoms with Crippen molar-refractivity contribution in [2.75, 3.05) is 13.2 Å². The highest BCUT2D eigenvalue weighted by Gasteiger charge is 2.23. The highest BCUT2D eigenvalue weighted by molar-refractivity contribution is 5.85. The molecule has 0 amide bonds. The molecule has 0 radical (unpaired) electrons. The number of hydrogen-bond acceptors (Lipinski definition) is 3. The van der Waals surface area contributed by atoms with E-state index in [2.05, 4.69) is 0 Å². The zero-order chi connectivity index (χ0) is 11.5. The Morgan fingerprint density at radius 3 is 2.59 bits per heavy atom. The minimum atomic E-state index is -0.0792. The van der Waals surface area contributed by atoms with Crippen LogP contribution in [0, 0.1) is 12.8 Å². The molecule has 17 heavy (non-hydrogen) atoms. The van der Waals surface area contributed by atoms with Crippen molar-refractivity contribution in [3.63, 3.8) is 0 Å². The first-order valence-corrected chi connectivity index (χ1v) is 5.81. The molecular formula is C13H20ClNO2. The molecule has 4 heteroatoms. The van der Waals surface area contributed by atoms with Gasteiger partial charge in [0.25, 0.3) is 0 Å². The number of hydrogen-bond donors (Lipinski definition) is 2.